The van der Waals surface area contributed by atoms with Crippen LogP contribution in [-0.2, 0) is 4.79 Å². The summed E-state index contributed by atoms with van der Waals surface area (Å²) in [6.07, 6.45) is 0. The maximum atomic E-state index is 11.1. The molecular weight excluding hydrogens is 216 g/mol. The summed E-state index contributed by atoms with van der Waals surface area (Å²) < 4.78 is 0. The van der Waals surface area contributed by atoms with Gasteiger partial charge in [-0.25, -0.2) is 4.98 Å². The number of aromatic nitrogens is 1. The van der Waals surface area contributed by atoms with Crippen molar-refractivity contribution in [3.63, 3.8) is 0 Å². The lowest BCUT2D eigenvalue weighted by atomic mass is 10.3. The zero-order valence-corrected chi connectivity index (χ0v) is 9.51. The maximum absolute atomic E-state index is 11.1. The number of rotatable bonds is 4. The fourth-order valence-electron chi connectivity index (χ4n) is 1.03. The zero-order chi connectivity index (χ0) is 11.6. The van der Waals surface area contributed by atoms with Crippen LogP contribution in [0.5, 0.6) is 0 Å². The molecule has 5 nitrogen and oxygen atoms in total. The van der Waals surface area contributed by atoms with E-state index in [0.717, 1.165) is 4.88 Å². The van der Waals surface area contributed by atoms with E-state index in [9.17, 15) is 9.59 Å². The lowest BCUT2D eigenvalue weighted by Gasteiger charge is -2.05. The number of hydrogen-bond donors (Lipinski definition) is 2. The third kappa shape index (κ3) is 2.76. The minimum absolute atomic E-state index is 0.111. The van der Waals surface area contributed by atoms with Crippen LogP contribution < -0.4 is 5.32 Å². The molecule has 0 saturated carbocycles. The van der Waals surface area contributed by atoms with Crippen LogP contribution in [0.3, 0.4) is 0 Å². The van der Waals surface area contributed by atoms with Gasteiger partial charge in [-0.15, -0.1) is 11.3 Å². The van der Waals surface area contributed by atoms with Crippen molar-refractivity contribution in [2.45, 2.75) is 26.8 Å². The summed E-state index contributed by atoms with van der Waals surface area (Å²) >= 11 is 1.28. The Hall–Kier alpha value is -1.43. The van der Waals surface area contributed by atoms with E-state index in [2.05, 4.69) is 10.3 Å². The molecule has 0 aromatic carbocycles. The van der Waals surface area contributed by atoms with Crippen LogP contribution >= 0.6 is 11.3 Å². The number of carboxylic acid groups (broad SMARTS) is 1. The highest BCUT2D eigenvalue weighted by Gasteiger charge is 2.15. The average molecular weight is 228 g/mol. The number of hydrogen-bond acceptors (Lipinski definition) is 5. The summed E-state index contributed by atoms with van der Waals surface area (Å²) in [5.74, 6) is -1.06. The van der Waals surface area contributed by atoms with Gasteiger partial charge in [0.1, 0.15) is 11.7 Å². The van der Waals surface area contributed by atoms with E-state index in [1.807, 2.05) is 0 Å². The Balaban J connectivity index is 2.84. The molecule has 82 valence electrons. The first-order valence-electron chi connectivity index (χ1n) is 4.39. The van der Waals surface area contributed by atoms with Gasteiger partial charge in [0, 0.05) is 11.8 Å². The first kappa shape index (κ1) is 11.6. The van der Waals surface area contributed by atoms with Gasteiger partial charge in [0.2, 0.25) is 0 Å². The topological polar surface area (TPSA) is 79.3 Å². The van der Waals surface area contributed by atoms with Gasteiger partial charge in [-0.05, 0) is 13.8 Å². The molecule has 0 spiro atoms. The van der Waals surface area contributed by atoms with E-state index in [0.29, 0.717) is 10.8 Å². The van der Waals surface area contributed by atoms with E-state index < -0.39 is 12.0 Å². The fourth-order valence-corrected chi connectivity index (χ4v) is 1.98. The molecule has 0 aliphatic heterocycles. The summed E-state index contributed by atoms with van der Waals surface area (Å²) in [7, 11) is 0. The normalized spacial score (nSPS) is 12.2. The Morgan fingerprint density at radius 1 is 1.53 bits per heavy atom. The number of anilines is 1. The molecule has 2 N–H and O–H groups in total. The number of nitrogens with zero attached hydrogens (tertiary/aromatic N) is 1. The smallest absolute Gasteiger partial charge is 0.325 e. The van der Waals surface area contributed by atoms with Crippen molar-refractivity contribution in [1.29, 1.82) is 0 Å². The molecule has 0 unspecified atom stereocenters. The largest absolute Gasteiger partial charge is 0.480 e. The van der Waals surface area contributed by atoms with Gasteiger partial charge in [-0.2, -0.15) is 0 Å². The number of thiazole rings is 1. The van der Waals surface area contributed by atoms with Crippen LogP contribution in [-0.4, -0.2) is 27.9 Å². The molecular formula is C9H12N2O3S. The number of carbonyl (C=O) groups excluding carboxylic acids is 1. The summed E-state index contributed by atoms with van der Waals surface area (Å²) in [5, 5.41) is 11.9. The lowest BCUT2D eigenvalue weighted by Crippen LogP contribution is -2.25. The van der Waals surface area contributed by atoms with Crippen molar-refractivity contribution < 1.29 is 14.7 Å². The minimum atomic E-state index is -0.952. The maximum Gasteiger partial charge on any atom is 0.325 e. The van der Waals surface area contributed by atoms with Crippen LogP contribution in [0.2, 0.25) is 0 Å². The van der Waals surface area contributed by atoms with E-state index in [1.165, 1.54) is 25.2 Å². The lowest BCUT2D eigenvalue weighted by molar-refractivity contribution is -0.137. The fraction of sp³-hybridized carbons (Fsp3) is 0.444. The Morgan fingerprint density at radius 3 is 2.53 bits per heavy atom. The average Bonchev–Trinajstić information content (AvgIpc) is 2.46. The van der Waals surface area contributed by atoms with Crippen LogP contribution in [0.4, 0.5) is 5.13 Å². The molecule has 6 heteroatoms. The van der Waals surface area contributed by atoms with Gasteiger partial charge in [-0.3, -0.25) is 9.59 Å². The number of aryl methyl sites for hydroxylation is 1. The predicted molar refractivity (Wildman–Crippen MR) is 57.6 cm³/mol. The second-order valence-corrected chi connectivity index (χ2v) is 4.39. The molecule has 0 aliphatic rings. The van der Waals surface area contributed by atoms with E-state index in [-0.39, 0.29) is 5.78 Å². The highest BCUT2D eigenvalue weighted by molar-refractivity contribution is 7.15. The van der Waals surface area contributed by atoms with Crippen LogP contribution in [0, 0.1) is 6.92 Å². The molecule has 1 aromatic heterocycles. The third-order valence-corrected chi connectivity index (χ3v) is 2.74. The monoisotopic (exact) mass is 228 g/mol. The molecule has 0 radical (unpaired) electrons. The number of ketones is 1. The van der Waals surface area contributed by atoms with Crippen molar-refractivity contribution in [3.05, 3.63) is 10.6 Å². The summed E-state index contributed by atoms with van der Waals surface area (Å²) in [5.41, 5.74) is 0.403. The first-order chi connectivity index (χ1) is 6.91. The summed E-state index contributed by atoms with van der Waals surface area (Å²) in [6.45, 7) is 4.74. The molecule has 1 heterocycles. The van der Waals surface area contributed by atoms with Gasteiger partial charge in [0.15, 0.2) is 10.9 Å². The van der Waals surface area contributed by atoms with Crippen LogP contribution in [0.15, 0.2) is 0 Å². The van der Waals surface area contributed by atoms with Gasteiger partial charge in [0.25, 0.3) is 0 Å². The van der Waals surface area contributed by atoms with Gasteiger partial charge < -0.3 is 10.4 Å². The molecule has 0 bridgehead atoms. The Kier molecular flexibility index (Phi) is 3.41. The standard InChI is InChI=1S/C9H12N2O3S/c1-4(8(13)14)10-9-11-7(5(2)12)6(3)15-9/h4H,1-3H3,(H,10,11)(H,13,14)/t4-/m1/s1. The molecule has 1 rings (SSSR count). The highest BCUT2D eigenvalue weighted by atomic mass is 32.1. The van der Waals surface area contributed by atoms with Crippen molar-refractivity contribution in [1.82, 2.24) is 4.98 Å². The first-order valence-corrected chi connectivity index (χ1v) is 5.21. The highest BCUT2D eigenvalue weighted by Crippen LogP contribution is 2.22. The molecule has 1 aromatic rings. The molecule has 0 saturated heterocycles. The summed E-state index contributed by atoms with van der Waals surface area (Å²) in [4.78, 5) is 26.5. The number of nitrogens with one attached hydrogen (secondary N) is 1. The van der Waals surface area contributed by atoms with Crippen LogP contribution in [0.25, 0.3) is 0 Å². The van der Waals surface area contributed by atoms with Crippen molar-refractivity contribution in [2.24, 2.45) is 0 Å². The SMILES string of the molecule is CC(=O)c1nc(N[C@H](C)C(=O)O)sc1C. The Morgan fingerprint density at radius 2 is 2.13 bits per heavy atom. The Bertz CT molecular complexity index is 400. The van der Waals surface area contributed by atoms with Crippen molar-refractivity contribution >= 4 is 28.2 Å². The quantitative estimate of drug-likeness (QED) is 0.764. The summed E-state index contributed by atoms with van der Waals surface area (Å²) in [6, 6.07) is -0.713. The van der Waals surface area contributed by atoms with Crippen LogP contribution in [0.1, 0.15) is 29.2 Å². The van der Waals surface area contributed by atoms with Gasteiger partial charge in [-0.1, -0.05) is 0 Å². The number of aliphatic carboxylic acids is 1. The van der Waals surface area contributed by atoms with E-state index in [1.54, 1.807) is 6.92 Å². The molecule has 15 heavy (non-hydrogen) atoms. The van der Waals surface area contributed by atoms with Gasteiger partial charge >= 0.3 is 5.97 Å². The van der Waals surface area contributed by atoms with E-state index >= 15 is 0 Å². The number of carboxylic acids is 1. The second-order valence-electron chi connectivity index (χ2n) is 3.18. The Labute approximate surface area is 91.1 Å². The predicted octanol–water partition coefficient (Wildman–Crippen LogP) is 1.54. The molecule has 0 amide bonds. The zero-order valence-electron chi connectivity index (χ0n) is 8.70. The number of carbonyl (C=O) groups is 2. The minimum Gasteiger partial charge on any atom is -0.480 e. The molecule has 0 aliphatic carbocycles. The number of Topliss-reactive ketones (excluding diaryl/α,β-unsaturated/α-hetero) is 1. The third-order valence-electron chi connectivity index (χ3n) is 1.84. The molecule has 1 atom stereocenters. The van der Waals surface area contributed by atoms with Crippen molar-refractivity contribution in [2.75, 3.05) is 5.32 Å². The van der Waals surface area contributed by atoms with Crippen molar-refractivity contribution in [3.8, 4) is 0 Å². The van der Waals surface area contributed by atoms with Gasteiger partial charge in [0.05, 0.1) is 0 Å². The molecule has 0 fully saturated rings. The van der Waals surface area contributed by atoms with E-state index in [4.69, 9.17) is 5.11 Å². The second kappa shape index (κ2) is 4.39.